The number of aromatic nitrogens is 1. The third-order valence-corrected chi connectivity index (χ3v) is 2.13. The van der Waals surface area contributed by atoms with Crippen LogP contribution in [0.25, 0.3) is 0 Å². The molecular weight excluding hydrogens is 204 g/mol. The summed E-state index contributed by atoms with van der Waals surface area (Å²) in [5.41, 5.74) is 1.05. The lowest BCUT2D eigenvalue weighted by Gasteiger charge is -2.23. The first kappa shape index (κ1) is 11.2. The van der Waals surface area contributed by atoms with Gasteiger partial charge in [-0.3, -0.25) is 0 Å². The number of nitrogens with one attached hydrogen (secondary N) is 1. The van der Waals surface area contributed by atoms with Crippen molar-refractivity contribution in [3.05, 3.63) is 35.3 Å². The average Bonchev–Trinajstić information content (AvgIpc) is 2.20. The van der Waals surface area contributed by atoms with Crippen molar-refractivity contribution in [1.29, 1.82) is 0 Å². The lowest BCUT2D eigenvalue weighted by Crippen LogP contribution is -2.34. The van der Waals surface area contributed by atoms with Gasteiger partial charge in [-0.05, 0) is 5.56 Å². The van der Waals surface area contributed by atoms with Crippen molar-refractivity contribution in [2.75, 3.05) is 19.7 Å². The Morgan fingerprint density at radius 3 is 2.71 bits per heavy atom. The van der Waals surface area contributed by atoms with Crippen LogP contribution < -0.4 is 10.0 Å². The Hall–Kier alpha value is -0.840. The molecular formula is C9H13ClN2O2. The monoisotopic (exact) mass is 216 g/mol. The Kier molecular flexibility index (Phi) is 4.13. The summed E-state index contributed by atoms with van der Waals surface area (Å²) in [5, 5.41) is 14.0. The first-order chi connectivity index (χ1) is 6.36. The quantitative estimate of drug-likeness (QED) is 0.546. The summed E-state index contributed by atoms with van der Waals surface area (Å²) < 4.78 is 6.31. The Morgan fingerprint density at radius 2 is 2.14 bits per heavy atom. The Bertz CT molecular complexity index is 273. The fourth-order valence-electron chi connectivity index (χ4n) is 1.42. The van der Waals surface area contributed by atoms with Crippen molar-refractivity contribution in [2.24, 2.45) is 0 Å². The summed E-state index contributed by atoms with van der Waals surface area (Å²) in [6.45, 7) is 2.46. The molecule has 1 unspecified atom stereocenters. The summed E-state index contributed by atoms with van der Waals surface area (Å²) in [6, 6.07) is 3.59. The molecule has 2 heterocycles. The van der Waals surface area contributed by atoms with Crippen LogP contribution >= 0.6 is 12.4 Å². The van der Waals surface area contributed by atoms with Crippen LogP contribution in [0.15, 0.2) is 24.5 Å². The van der Waals surface area contributed by atoms with Crippen molar-refractivity contribution in [3.63, 3.8) is 0 Å². The molecule has 1 aromatic rings. The second-order valence-electron chi connectivity index (χ2n) is 3.05. The zero-order valence-electron chi connectivity index (χ0n) is 7.68. The summed E-state index contributed by atoms with van der Waals surface area (Å²) in [7, 11) is 0. The molecule has 1 atom stereocenters. The maximum absolute atomic E-state index is 10.8. The molecule has 0 aliphatic carbocycles. The van der Waals surface area contributed by atoms with E-state index in [2.05, 4.69) is 5.32 Å². The zero-order valence-corrected chi connectivity index (χ0v) is 8.50. The molecule has 0 saturated carbocycles. The first-order valence-electron chi connectivity index (χ1n) is 4.37. The van der Waals surface area contributed by atoms with E-state index >= 15 is 0 Å². The molecule has 1 aromatic heterocycles. The number of hydrogen-bond donors (Lipinski definition) is 1. The highest BCUT2D eigenvalue weighted by Gasteiger charge is 2.15. The van der Waals surface area contributed by atoms with Gasteiger partial charge in [0.2, 0.25) is 0 Å². The molecule has 2 rings (SSSR count). The van der Waals surface area contributed by atoms with Gasteiger partial charge in [0.15, 0.2) is 12.4 Å². The van der Waals surface area contributed by atoms with Crippen LogP contribution in [0.1, 0.15) is 11.7 Å². The largest absolute Gasteiger partial charge is 0.619 e. The van der Waals surface area contributed by atoms with Gasteiger partial charge in [-0.25, -0.2) is 0 Å². The van der Waals surface area contributed by atoms with Crippen LogP contribution in [0, 0.1) is 5.21 Å². The summed E-state index contributed by atoms with van der Waals surface area (Å²) >= 11 is 0. The van der Waals surface area contributed by atoms with E-state index in [1.54, 1.807) is 12.1 Å². The minimum Gasteiger partial charge on any atom is -0.619 e. The number of ether oxygens (including phenoxy) is 1. The lowest BCUT2D eigenvalue weighted by atomic mass is 10.1. The SMILES string of the molecule is Cl.[O-][n+]1ccc(C2CNCCO2)cc1. The van der Waals surface area contributed by atoms with Gasteiger partial charge in [-0.1, -0.05) is 0 Å². The van der Waals surface area contributed by atoms with Gasteiger partial charge in [0.25, 0.3) is 0 Å². The van der Waals surface area contributed by atoms with Gasteiger partial charge in [0.1, 0.15) is 0 Å². The fraction of sp³-hybridized carbons (Fsp3) is 0.444. The van der Waals surface area contributed by atoms with Crippen LogP contribution in [0.3, 0.4) is 0 Å². The second-order valence-corrected chi connectivity index (χ2v) is 3.05. The molecule has 1 aliphatic rings. The Morgan fingerprint density at radius 1 is 1.43 bits per heavy atom. The molecule has 1 N–H and O–H groups in total. The van der Waals surface area contributed by atoms with E-state index in [0.29, 0.717) is 0 Å². The number of hydrogen-bond acceptors (Lipinski definition) is 3. The van der Waals surface area contributed by atoms with Crippen molar-refractivity contribution < 1.29 is 9.47 Å². The molecule has 4 nitrogen and oxygen atoms in total. The van der Waals surface area contributed by atoms with Gasteiger partial charge in [0.05, 0.1) is 12.7 Å². The highest BCUT2D eigenvalue weighted by atomic mass is 35.5. The summed E-state index contributed by atoms with van der Waals surface area (Å²) in [5.74, 6) is 0. The minimum atomic E-state index is 0. The van der Waals surface area contributed by atoms with Crippen molar-refractivity contribution in [1.82, 2.24) is 5.32 Å². The predicted octanol–water partition coefficient (Wildman–Crippen LogP) is 0.403. The highest BCUT2D eigenvalue weighted by molar-refractivity contribution is 5.85. The second kappa shape index (κ2) is 5.14. The number of morpholine rings is 1. The number of nitrogens with zero attached hydrogens (tertiary/aromatic N) is 1. The Balaban J connectivity index is 0.000000980. The van der Waals surface area contributed by atoms with E-state index in [-0.39, 0.29) is 18.5 Å². The minimum absolute atomic E-state index is 0. The molecule has 1 aliphatic heterocycles. The van der Waals surface area contributed by atoms with Crippen LogP contribution in [0.5, 0.6) is 0 Å². The molecule has 14 heavy (non-hydrogen) atoms. The van der Waals surface area contributed by atoms with E-state index in [4.69, 9.17) is 4.74 Å². The molecule has 0 spiro atoms. The third-order valence-electron chi connectivity index (χ3n) is 2.13. The normalized spacial score (nSPS) is 21.3. The van der Waals surface area contributed by atoms with Crippen LogP contribution in [0.2, 0.25) is 0 Å². The number of pyridine rings is 1. The maximum atomic E-state index is 10.8. The van der Waals surface area contributed by atoms with Crippen LogP contribution in [0.4, 0.5) is 0 Å². The molecule has 1 fully saturated rings. The summed E-state index contributed by atoms with van der Waals surface area (Å²) in [6.07, 6.45) is 3.08. The fourth-order valence-corrected chi connectivity index (χ4v) is 1.42. The third kappa shape index (κ3) is 2.57. The maximum Gasteiger partial charge on any atom is 0.180 e. The van der Waals surface area contributed by atoms with Gasteiger partial charge < -0.3 is 15.3 Å². The smallest absolute Gasteiger partial charge is 0.180 e. The molecule has 5 heteroatoms. The average molecular weight is 217 g/mol. The summed E-state index contributed by atoms with van der Waals surface area (Å²) in [4.78, 5) is 0. The number of halogens is 1. The van der Waals surface area contributed by atoms with E-state index in [1.807, 2.05) is 0 Å². The van der Waals surface area contributed by atoms with Crippen molar-refractivity contribution in [3.8, 4) is 0 Å². The highest BCUT2D eigenvalue weighted by Crippen LogP contribution is 2.16. The standard InChI is InChI=1S/C9H12N2O2.ClH/c12-11-4-1-8(2-5-11)9-7-10-3-6-13-9;/h1-2,4-5,9-10H,3,6-7H2;1H. The van der Waals surface area contributed by atoms with E-state index in [9.17, 15) is 5.21 Å². The molecule has 0 radical (unpaired) electrons. The van der Waals surface area contributed by atoms with E-state index in [1.165, 1.54) is 12.4 Å². The lowest BCUT2D eigenvalue weighted by molar-refractivity contribution is -0.605. The molecule has 1 saturated heterocycles. The topological polar surface area (TPSA) is 48.2 Å². The molecule has 0 bridgehead atoms. The molecule has 0 amide bonds. The van der Waals surface area contributed by atoms with E-state index < -0.39 is 0 Å². The number of rotatable bonds is 1. The van der Waals surface area contributed by atoms with Crippen molar-refractivity contribution >= 4 is 12.4 Å². The van der Waals surface area contributed by atoms with E-state index in [0.717, 1.165) is 30.0 Å². The van der Waals surface area contributed by atoms with Gasteiger partial charge in [-0.15, -0.1) is 12.4 Å². The predicted molar refractivity (Wildman–Crippen MR) is 54.2 cm³/mol. The molecule has 78 valence electrons. The zero-order chi connectivity index (χ0) is 9.10. The Labute approximate surface area is 88.9 Å². The van der Waals surface area contributed by atoms with Gasteiger partial charge >= 0.3 is 0 Å². The van der Waals surface area contributed by atoms with Crippen LogP contribution in [-0.4, -0.2) is 19.7 Å². The van der Waals surface area contributed by atoms with Crippen LogP contribution in [-0.2, 0) is 4.74 Å². The van der Waals surface area contributed by atoms with Gasteiger partial charge in [0, 0.05) is 25.2 Å². The van der Waals surface area contributed by atoms with Crippen molar-refractivity contribution in [2.45, 2.75) is 6.10 Å². The molecule has 0 aromatic carbocycles. The van der Waals surface area contributed by atoms with Gasteiger partial charge in [-0.2, -0.15) is 4.73 Å². The first-order valence-corrected chi connectivity index (χ1v) is 4.37.